The van der Waals surface area contributed by atoms with Crippen LogP contribution in [0.15, 0.2) is 53.4 Å². The van der Waals surface area contributed by atoms with E-state index in [0.717, 1.165) is 30.9 Å². The molecule has 0 spiro atoms. The van der Waals surface area contributed by atoms with Crippen molar-refractivity contribution in [3.05, 3.63) is 59.0 Å². The minimum absolute atomic E-state index is 0.0229. The van der Waals surface area contributed by atoms with Gasteiger partial charge in [-0.25, -0.2) is 4.39 Å². The number of carboxylic acid groups (broad SMARTS) is 1. The number of allylic oxidation sites excluding steroid dienone is 4. The van der Waals surface area contributed by atoms with Gasteiger partial charge in [0, 0.05) is 6.42 Å². The van der Waals surface area contributed by atoms with Crippen LogP contribution in [0, 0.1) is 0 Å². The number of alkyl halides is 3. The van der Waals surface area contributed by atoms with Crippen LogP contribution in [0.4, 0.5) is 17.6 Å². The highest BCUT2D eigenvalue weighted by Gasteiger charge is 2.37. The predicted octanol–water partition coefficient (Wildman–Crippen LogP) is 5.98. The highest BCUT2D eigenvalue weighted by molar-refractivity contribution is 5.71. The number of aliphatic carboxylic acids is 1. The Morgan fingerprint density at radius 2 is 2.00 bits per heavy atom. The fourth-order valence-corrected chi connectivity index (χ4v) is 3.51. The van der Waals surface area contributed by atoms with Gasteiger partial charge in [-0.15, -0.1) is 0 Å². The van der Waals surface area contributed by atoms with Crippen molar-refractivity contribution in [2.75, 3.05) is 0 Å². The van der Waals surface area contributed by atoms with Crippen molar-refractivity contribution >= 4 is 11.5 Å². The lowest BCUT2D eigenvalue weighted by molar-refractivity contribution is -0.136. The number of hydrogen-bond donors (Lipinski definition) is 1. The van der Waals surface area contributed by atoms with Gasteiger partial charge >= 0.3 is 12.1 Å². The van der Waals surface area contributed by atoms with Crippen LogP contribution in [0.1, 0.15) is 44.1 Å². The molecule has 0 saturated carbocycles. The van der Waals surface area contributed by atoms with Crippen LogP contribution in [0.5, 0.6) is 5.75 Å². The molecule has 0 bridgehead atoms. The summed E-state index contributed by atoms with van der Waals surface area (Å²) in [5, 5.41) is 8.92. The summed E-state index contributed by atoms with van der Waals surface area (Å²) >= 11 is 0. The average molecular weight is 396 g/mol. The molecule has 0 radical (unpaired) electrons. The maximum absolute atomic E-state index is 13.6. The monoisotopic (exact) mass is 396 g/mol. The maximum Gasteiger partial charge on any atom is 0.418 e. The van der Waals surface area contributed by atoms with Crippen molar-refractivity contribution in [2.24, 2.45) is 0 Å². The summed E-state index contributed by atoms with van der Waals surface area (Å²) in [7, 11) is 0. The topological polar surface area (TPSA) is 46.5 Å². The van der Waals surface area contributed by atoms with Gasteiger partial charge in [0.2, 0.25) is 0 Å². The van der Waals surface area contributed by atoms with E-state index in [2.05, 4.69) is 0 Å². The van der Waals surface area contributed by atoms with Crippen LogP contribution in [-0.2, 0) is 4.79 Å². The largest absolute Gasteiger partial charge is 0.486 e. The quantitative estimate of drug-likeness (QED) is 0.492. The molecule has 1 aromatic rings. The first-order valence-corrected chi connectivity index (χ1v) is 9.07. The number of carboxylic acids is 1. The van der Waals surface area contributed by atoms with Gasteiger partial charge in [-0.2, -0.15) is 13.2 Å². The highest BCUT2D eigenvalue weighted by atomic mass is 19.4. The maximum atomic E-state index is 13.6. The standard InChI is InChI=1S/C21H20F4O3/c22-19-8-7-15(12-18(19)21(23,24)25)14-4-2-6-17(11-14)28-16-5-1-3-13(9-16)10-20(26)27/h2,4,6,9,11-12,16H,1,3,5,7-8,10H2,(H,26,27). The Balaban J connectivity index is 1.79. The first-order valence-electron chi connectivity index (χ1n) is 9.07. The third-order valence-corrected chi connectivity index (χ3v) is 4.81. The summed E-state index contributed by atoms with van der Waals surface area (Å²) in [6.45, 7) is 0. The van der Waals surface area contributed by atoms with Crippen molar-refractivity contribution in [1.82, 2.24) is 0 Å². The Labute approximate surface area is 160 Å². The summed E-state index contributed by atoms with van der Waals surface area (Å²) in [4.78, 5) is 10.9. The summed E-state index contributed by atoms with van der Waals surface area (Å²) < 4.78 is 58.4. The molecule has 150 valence electrons. The molecule has 0 aromatic heterocycles. The molecular formula is C21H20F4O3. The van der Waals surface area contributed by atoms with Crippen LogP contribution in [0.3, 0.4) is 0 Å². The molecule has 3 nitrogen and oxygen atoms in total. The van der Waals surface area contributed by atoms with Crippen LogP contribution in [0.2, 0.25) is 0 Å². The van der Waals surface area contributed by atoms with Gasteiger partial charge in [-0.1, -0.05) is 17.7 Å². The molecule has 1 unspecified atom stereocenters. The van der Waals surface area contributed by atoms with E-state index in [-0.39, 0.29) is 25.4 Å². The van der Waals surface area contributed by atoms with Gasteiger partial charge in [-0.05, 0) is 61.1 Å². The molecule has 0 saturated heterocycles. The lowest BCUT2D eigenvalue weighted by Gasteiger charge is -2.23. The van der Waals surface area contributed by atoms with E-state index in [1.165, 1.54) is 0 Å². The Hall–Kier alpha value is -2.57. The van der Waals surface area contributed by atoms with Gasteiger partial charge in [-0.3, -0.25) is 4.79 Å². The summed E-state index contributed by atoms with van der Waals surface area (Å²) in [6.07, 6.45) is -0.180. The number of benzene rings is 1. The van der Waals surface area contributed by atoms with Crippen molar-refractivity contribution in [3.63, 3.8) is 0 Å². The minimum Gasteiger partial charge on any atom is -0.486 e. The van der Waals surface area contributed by atoms with Gasteiger partial charge in [0.1, 0.15) is 17.7 Å². The number of hydrogen-bond acceptors (Lipinski definition) is 2. The van der Waals surface area contributed by atoms with E-state index < -0.39 is 23.5 Å². The van der Waals surface area contributed by atoms with E-state index in [9.17, 15) is 22.4 Å². The molecule has 2 aliphatic rings. The minimum atomic E-state index is -4.72. The van der Waals surface area contributed by atoms with Crippen molar-refractivity contribution in [1.29, 1.82) is 0 Å². The first-order chi connectivity index (χ1) is 13.2. The number of rotatable bonds is 5. The first kappa shape index (κ1) is 20.2. The summed E-state index contributed by atoms with van der Waals surface area (Å²) in [5.74, 6) is -1.54. The fourth-order valence-electron chi connectivity index (χ4n) is 3.51. The molecule has 1 atom stereocenters. The molecule has 0 aliphatic heterocycles. The molecule has 28 heavy (non-hydrogen) atoms. The Morgan fingerprint density at radius 1 is 1.21 bits per heavy atom. The second kappa shape index (κ2) is 8.20. The van der Waals surface area contributed by atoms with E-state index >= 15 is 0 Å². The molecule has 0 amide bonds. The third kappa shape index (κ3) is 5.03. The molecule has 0 fully saturated rings. The second-order valence-electron chi connectivity index (χ2n) is 6.96. The molecule has 7 heteroatoms. The van der Waals surface area contributed by atoms with Gasteiger partial charge in [0.25, 0.3) is 0 Å². The van der Waals surface area contributed by atoms with Crippen LogP contribution in [0.25, 0.3) is 5.57 Å². The van der Waals surface area contributed by atoms with Gasteiger partial charge in [0.15, 0.2) is 0 Å². The molecule has 1 N–H and O–H groups in total. The van der Waals surface area contributed by atoms with Crippen LogP contribution in [-0.4, -0.2) is 23.4 Å². The second-order valence-corrected chi connectivity index (χ2v) is 6.96. The van der Waals surface area contributed by atoms with Crippen molar-refractivity contribution in [2.45, 2.75) is 50.8 Å². The van der Waals surface area contributed by atoms with E-state index in [1.807, 2.05) is 6.08 Å². The zero-order valence-corrected chi connectivity index (χ0v) is 15.1. The molecular weight excluding hydrogens is 376 g/mol. The van der Waals surface area contributed by atoms with Gasteiger partial charge in [0.05, 0.1) is 12.0 Å². The average Bonchev–Trinajstić information content (AvgIpc) is 2.61. The van der Waals surface area contributed by atoms with E-state index in [0.29, 0.717) is 16.9 Å². The molecule has 0 heterocycles. The van der Waals surface area contributed by atoms with Crippen LogP contribution >= 0.6 is 0 Å². The highest BCUT2D eigenvalue weighted by Crippen LogP contribution is 2.39. The number of ether oxygens (including phenoxy) is 1. The number of carbonyl (C=O) groups is 1. The Morgan fingerprint density at radius 3 is 2.71 bits per heavy atom. The Bertz CT molecular complexity index is 849. The van der Waals surface area contributed by atoms with Gasteiger partial charge < -0.3 is 9.84 Å². The predicted molar refractivity (Wildman–Crippen MR) is 96.4 cm³/mol. The normalized spacial score (nSPS) is 20.5. The summed E-state index contributed by atoms with van der Waals surface area (Å²) in [6, 6.07) is 6.69. The summed E-state index contributed by atoms with van der Waals surface area (Å²) in [5.41, 5.74) is 0.543. The zero-order chi connectivity index (χ0) is 20.3. The van der Waals surface area contributed by atoms with E-state index in [4.69, 9.17) is 9.84 Å². The fraction of sp³-hybridized carbons (Fsp3) is 0.381. The van der Waals surface area contributed by atoms with Crippen molar-refractivity contribution in [3.8, 4) is 5.75 Å². The number of halogens is 4. The Kier molecular flexibility index (Phi) is 5.91. The van der Waals surface area contributed by atoms with E-state index in [1.54, 1.807) is 24.3 Å². The third-order valence-electron chi connectivity index (χ3n) is 4.81. The smallest absolute Gasteiger partial charge is 0.418 e. The lowest BCUT2D eigenvalue weighted by atomic mass is 9.92. The van der Waals surface area contributed by atoms with Crippen molar-refractivity contribution < 1.29 is 32.2 Å². The van der Waals surface area contributed by atoms with Crippen LogP contribution < -0.4 is 4.74 Å². The SMILES string of the molecule is O=C(O)CC1=CC(Oc2cccc(C3=CC(C(F)(F)F)=C(F)CC3)c2)CCC1. The molecule has 1 aromatic carbocycles. The zero-order valence-electron chi connectivity index (χ0n) is 15.1. The lowest BCUT2D eigenvalue weighted by Crippen LogP contribution is -2.18. The molecule has 3 rings (SSSR count). The molecule has 2 aliphatic carbocycles.